The summed E-state index contributed by atoms with van der Waals surface area (Å²) in [6.07, 6.45) is 1.65. The number of aryl methyl sites for hydroxylation is 2. The molecule has 65 heavy (non-hydrogen) atoms. The Labute approximate surface area is 407 Å². The van der Waals surface area contributed by atoms with E-state index < -0.39 is 21.8 Å². The molecule has 3 aromatic heterocycles. The van der Waals surface area contributed by atoms with E-state index in [-0.39, 0.29) is 37.5 Å². The molecule has 0 unspecified atom stereocenters. The largest absolute Gasteiger partial charge is 0.501 e. The molecule has 3 heterocycles. The number of hydrogen-bond donors (Lipinski definition) is 0. The van der Waals surface area contributed by atoms with Crippen LogP contribution in [0.15, 0.2) is 162 Å². The van der Waals surface area contributed by atoms with E-state index >= 15 is 0 Å². The number of aromatic nitrogens is 3. The molecule has 0 amide bonds. The van der Waals surface area contributed by atoms with Crippen LogP contribution in [-0.2, 0) is 20.1 Å². The Morgan fingerprint density at radius 3 is 1.97 bits per heavy atom. The number of hydrogen-bond acceptors (Lipinski definition) is 3. The molecule has 327 valence electrons. The number of benzene rings is 7. The molecule has 0 aliphatic carbocycles. The van der Waals surface area contributed by atoms with Crippen LogP contribution in [0.4, 0.5) is 0 Å². The predicted octanol–water partition coefficient (Wildman–Crippen LogP) is 15.7. The fourth-order valence-corrected chi connectivity index (χ4v) is 9.87. The van der Waals surface area contributed by atoms with Crippen molar-refractivity contribution in [2.75, 3.05) is 0 Å². The zero-order valence-electron chi connectivity index (χ0n) is 43.7. The molecule has 0 aliphatic rings. The van der Waals surface area contributed by atoms with Crippen LogP contribution in [0.5, 0.6) is 0 Å². The monoisotopic (exact) mass is 1050 g/mol. The molecule has 4 nitrogen and oxygen atoms in total. The van der Waals surface area contributed by atoms with Crippen LogP contribution in [0.25, 0.3) is 83.6 Å². The van der Waals surface area contributed by atoms with Gasteiger partial charge >= 0.3 is 0 Å². The summed E-state index contributed by atoms with van der Waals surface area (Å²) < 4.78 is 54.7. The van der Waals surface area contributed by atoms with Crippen molar-refractivity contribution < 1.29 is 32.7 Å². The zero-order chi connectivity index (χ0) is 49.7. The number of furan rings is 1. The first-order valence-corrected chi connectivity index (χ1v) is 25.5. The number of pyridine rings is 1. The first kappa shape index (κ1) is 38.1. The third-order valence-electron chi connectivity index (χ3n) is 11.9. The Hall–Kier alpha value is -6.17. The summed E-state index contributed by atoms with van der Waals surface area (Å²) in [5, 5.41) is 2.96. The smallest absolute Gasteiger partial charge is 0.121 e. The van der Waals surface area contributed by atoms with E-state index in [1.807, 2.05) is 12.1 Å². The molecule has 10 rings (SSSR count). The molecule has 0 atom stereocenters. The summed E-state index contributed by atoms with van der Waals surface area (Å²) in [6, 6.07) is 57.5. The summed E-state index contributed by atoms with van der Waals surface area (Å²) >= 11 is 0. The van der Waals surface area contributed by atoms with Crippen LogP contribution in [0.3, 0.4) is 0 Å². The third kappa shape index (κ3) is 9.09. The van der Waals surface area contributed by atoms with Crippen molar-refractivity contribution in [2.45, 2.75) is 72.9 Å². The van der Waals surface area contributed by atoms with Gasteiger partial charge in [0, 0.05) is 45.6 Å². The minimum Gasteiger partial charge on any atom is -0.501 e. The van der Waals surface area contributed by atoms with Gasteiger partial charge in [-0.15, -0.1) is 53.6 Å². The molecule has 7 aromatic carbocycles. The molecular weight excluding hydrogens is 987 g/mol. The Kier molecular flexibility index (Phi) is 11.0. The van der Waals surface area contributed by atoms with Gasteiger partial charge in [0.2, 0.25) is 0 Å². The fourth-order valence-electron chi connectivity index (χ4n) is 8.54. The first-order chi connectivity index (χ1) is 33.3. The van der Waals surface area contributed by atoms with Crippen molar-refractivity contribution in [3.8, 4) is 50.6 Å². The van der Waals surface area contributed by atoms with Crippen LogP contribution in [0.1, 0.15) is 70.0 Å². The van der Waals surface area contributed by atoms with E-state index in [1.54, 1.807) is 18.3 Å². The second-order valence-corrected chi connectivity index (χ2v) is 23.1. The van der Waals surface area contributed by atoms with Crippen molar-refractivity contribution in [1.82, 2.24) is 14.5 Å². The van der Waals surface area contributed by atoms with Crippen molar-refractivity contribution in [2.24, 2.45) is 0 Å². The van der Waals surface area contributed by atoms with Crippen molar-refractivity contribution in [3.05, 3.63) is 192 Å². The van der Waals surface area contributed by atoms with Crippen molar-refractivity contribution >= 4 is 46.2 Å². The van der Waals surface area contributed by atoms with Gasteiger partial charge in [-0.25, -0.2) is 0 Å². The maximum atomic E-state index is 7.81. The number of nitrogens with zero attached hydrogens (tertiary/aromatic N) is 3. The summed E-state index contributed by atoms with van der Waals surface area (Å²) in [5.74, 6) is 1.41. The normalized spacial score (nSPS) is 13.4. The summed E-state index contributed by atoms with van der Waals surface area (Å²) in [5.41, 5.74) is 14.7. The summed E-state index contributed by atoms with van der Waals surface area (Å²) in [4.78, 5) is 9.69. The van der Waals surface area contributed by atoms with Gasteiger partial charge in [0.25, 0.3) is 0 Å². The van der Waals surface area contributed by atoms with E-state index in [0.717, 1.165) is 55.1 Å². The van der Waals surface area contributed by atoms with Crippen LogP contribution in [0, 0.1) is 25.8 Å². The maximum Gasteiger partial charge on any atom is 0.121 e. The minimum absolute atomic E-state index is 0. The number of rotatable bonds is 8. The summed E-state index contributed by atoms with van der Waals surface area (Å²) in [6.45, 7) is 11.0. The average Bonchev–Trinajstić information content (AvgIpc) is 3.92. The van der Waals surface area contributed by atoms with Crippen LogP contribution < -0.4 is 5.19 Å². The quantitative estimate of drug-likeness (QED) is 0.113. The second-order valence-electron chi connectivity index (χ2n) is 18.1. The molecule has 0 N–H and O–H groups in total. The van der Waals surface area contributed by atoms with Crippen molar-refractivity contribution in [1.29, 1.82) is 0 Å². The molecule has 10 aromatic rings. The van der Waals surface area contributed by atoms with Crippen LogP contribution in [0.2, 0.25) is 19.6 Å². The van der Waals surface area contributed by atoms with Gasteiger partial charge in [-0.3, -0.25) is 4.98 Å². The van der Waals surface area contributed by atoms with Gasteiger partial charge in [-0.2, -0.15) is 0 Å². The second kappa shape index (κ2) is 18.7. The molecule has 0 bridgehead atoms. The Morgan fingerprint density at radius 2 is 1.34 bits per heavy atom. The van der Waals surface area contributed by atoms with Gasteiger partial charge in [0.05, 0.1) is 30.5 Å². The molecule has 6 heteroatoms. The Balaban J connectivity index is 0.000000230. The molecule has 0 aliphatic heterocycles. The van der Waals surface area contributed by atoms with Gasteiger partial charge in [0.15, 0.2) is 0 Å². The standard InChI is InChI=1S/C43H35N2O.C16H20NSi.Ir/c1-27(2)36-24-32(30-16-9-6-10-17-30)25-37(28(3)4)41(36)45-39-21-12-11-20-38(39)44-43(45)35-19-13-18-34-33-23-22-31(26-40(33)46-42(34)35)29-14-7-5-8-15-29;1-12-6-8-14(9-7-12)15-10-13(2)16(11-17-15)18(3,4)5;/h5-18,20-28H,1-4H3;6-8,10-11H,1-5H3;/q2*-1;/i;1D3,2D3;. The van der Waals surface area contributed by atoms with Gasteiger partial charge < -0.3 is 14.0 Å². The van der Waals surface area contributed by atoms with Gasteiger partial charge in [0.1, 0.15) is 5.58 Å². The molecule has 0 fully saturated rings. The minimum atomic E-state index is -2.22. The Morgan fingerprint density at radius 1 is 0.662 bits per heavy atom. The average molecular weight is 1050 g/mol. The van der Waals surface area contributed by atoms with Crippen molar-refractivity contribution in [3.63, 3.8) is 0 Å². The van der Waals surface area contributed by atoms with E-state index in [9.17, 15) is 0 Å². The predicted molar refractivity (Wildman–Crippen MR) is 273 cm³/mol. The van der Waals surface area contributed by atoms with E-state index in [2.05, 4.69) is 184 Å². The maximum absolute atomic E-state index is 7.81. The fraction of sp³-hybridized carbons (Fsp3) is 0.186. The summed E-state index contributed by atoms with van der Waals surface area (Å²) in [7, 11) is -1.85. The SMILES string of the molecule is CC(C)c1cc(-c2ccccc2)cc(C(C)C)c1-n1c(-c2[c-]ccc3c2oc2cc(-c4ccccc4)ccc23)nc2ccccc21.[2H]C([2H])([2H])c1c[c-]c(-c2cc(C([2H])([2H])[2H])c([Si](C)(C)C)cn2)cc1.[Ir]. The van der Waals surface area contributed by atoms with Gasteiger partial charge in [-0.05, 0) is 93.3 Å². The molecule has 0 saturated heterocycles. The first-order valence-electron chi connectivity index (χ1n) is 25.0. The zero-order valence-corrected chi connectivity index (χ0v) is 41.1. The molecule has 0 spiro atoms. The molecule has 0 saturated carbocycles. The van der Waals surface area contributed by atoms with E-state index in [1.165, 1.54) is 45.6 Å². The number of fused-ring (bicyclic) bond motifs is 4. The Bertz CT molecular complexity index is 3470. The van der Waals surface area contributed by atoms with E-state index in [4.69, 9.17) is 17.6 Å². The van der Waals surface area contributed by atoms with Gasteiger partial charge in [-0.1, -0.05) is 162 Å². The molecule has 1 radical (unpaired) electrons. The van der Waals surface area contributed by atoms with Crippen LogP contribution in [-0.4, -0.2) is 22.6 Å². The van der Waals surface area contributed by atoms with Crippen LogP contribution >= 0.6 is 0 Å². The molecular formula is C59H55IrN3OSi-2. The number of para-hydroxylation sites is 2. The third-order valence-corrected chi connectivity index (χ3v) is 13.9. The van der Waals surface area contributed by atoms with E-state index in [0.29, 0.717) is 16.8 Å². The number of imidazole rings is 1. The topological polar surface area (TPSA) is 43.9 Å².